The van der Waals surface area contributed by atoms with Gasteiger partial charge >= 0.3 is 6.18 Å². The molecule has 1 saturated carbocycles. The lowest BCUT2D eigenvalue weighted by molar-refractivity contribution is -0.189. The highest BCUT2D eigenvalue weighted by molar-refractivity contribution is 6.18. The number of rotatable bonds is 3. The Bertz CT molecular complexity index is 245. The SMILES string of the molecule is O=C(CCCl)NC1CCCCC1C(F)(F)F. The zero-order chi connectivity index (χ0) is 12.2. The molecule has 0 aromatic rings. The van der Waals surface area contributed by atoms with Crippen LogP contribution in [0, 0.1) is 5.92 Å². The second-order valence-corrected chi connectivity index (χ2v) is 4.42. The van der Waals surface area contributed by atoms with E-state index in [1.165, 1.54) is 0 Å². The Morgan fingerprint density at radius 1 is 1.31 bits per heavy atom. The highest BCUT2D eigenvalue weighted by atomic mass is 35.5. The van der Waals surface area contributed by atoms with Gasteiger partial charge in [-0.1, -0.05) is 12.8 Å². The molecule has 1 aliphatic rings. The lowest BCUT2D eigenvalue weighted by Crippen LogP contribution is -2.47. The lowest BCUT2D eigenvalue weighted by Gasteiger charge is -2.33. The van der Waals surface area contributed by atoms with E-state index in [1.807, 2.05) is 0 Å². The summed E-state index contributed by atoms with van der Waals surface area (Å²) in [6.07, 6.45) is -2.33. The molecular weight excluding hydrogens is 243 g/mol. The minimum atomic E-state index is -4.22. The van der Waals surface area contributed by atoms with Crippen molar-refractivity contribution in [2.24, 2.45) is 5.92 Å². The maximum atomic E-state index is 12.7. The zero-order valence-electron chi connectivity index (χ0n) is 8.82. The quantitative estimate of drug-likeness (QED) is 0.774. The number of amides is 1. The second kappa shape index (κ2) is 5.75. The van der Waals surface area contributed by atoms with Crippen LogP contribution in [0.2, 0.25) is 0 Å². The fourth-order valence-corrected chi connectivity index (χ4v) is 2.23. The van der Waals surface area contributed by atoms with Crippen molar-refractivity contribution < 1.29 is 18.0 Å². The predicted octanol–water partition coefficient (Wildman–Crippen LogP) is 2.85. The second-order valence-electron chi connectivity index (χ2n) is 4.05. The molecule has 1 amide bonds. The third kappa shape index (κ3) is 3.85. The summed E-state index contributed by atoms with van der Waals surface area (Å²) in [5.74, 6) is -1.66. The molecule has 1 rings (SSSR count). The van der Waals surface area contributed by atoms with E-state index in [9.17, 15) is 18.0 Å². The fraction of sp³-hybridized carbons (Fsp3) is 0.900. The number of halogens is 4. The average molecular weight is 258 g/mol. The molecule has 1 fully saturated rings. The van der Waals surface area contributed by atoms with Crippen molar-refractivity contribution in [1.82, 2.24) is 5.32 Å². The molecule has 6 heteroatoms. The average Bonchev–Trinajstić information content (AvgIpc) is 2.17. The summed E-state index contributed by atoms with van der Waals surface area (Å²) < 4.78 is 38.0. The van der Waals surface area contributed by atoms with Gasteiger partial charge < -0.3 is 5.32 Å². The Kier molecular flexibility index (Phi) is 4.89. The summed E-state index contributed by atoms with van der Waals surface area (Å²) >= 11 is 5.36. The van der Waals surface area contributed by atoms with Crippen LogP contribution in [0.5, 0.6) is 0 Å². The first-order chi connectivity index (χ1) is 7.45. The molecule has 0 aromatic heterocycles. The highest BCUT2D eigenvalue weighted by Gasteiger charge is 2.45. The third-order valence-corrected chi connectivity index (χ3v) is 3.04. The van der Waals surface area contributed by atoms with E-state index in [2.05, 4.69) is 5.32 Å². The van der Waals surface area contributed by atoms with Gasteiger partial charge in [-0.2, -0.15) is 13.2 Å². The largest absolute Gasteiger partial charge is 0.393 e. The maximum absolute atomic E-state index is 12.7. The molecule has 0 radical (unpaired) electrons. The molecule has 0 saturated heterocycles. The van der Waals surface area contributed by atoms with Crippen LogP contribution < -0.4 is 5.32 Å². The van der Waals surface area contributed by atoms with Gasteiger partial charge in [0, 0.05) is 18.3 Å². The molecule has 0 spiro atoms. The number of carbonyl (C=O) groups excluding carboxylic acids is 1. The van der Waals surface area contributed by atoms with Gasteiger partial charge in [-0.25, -0.2) is 0 Å². The molecule has 2 nitrogen and oxygen atoms in total. The monoisotopic (exact) mass is 257 g/mol. The summed E-state index contributed by atoms with van der Waals surface area (Å²) in [5.41, 5.74) is 0. The molecule has 0 aromatic carbocycles. The van der Waals surface area contributed by atoms with Crippen LogP contribution in [0.4, 0.5) is 13.2 Å². The van der Waals surface area contributed by atoms with Crippen LogP contribution in [0.15, 0.2) is 0 Å². The van der Waals surface area contributed by atoms with Gasteiger partial charge in [-0.3, -0.25) is 4.79 Å². The van der Waals surface area contributed by atoms with Crippen molar-refractivity contribution >= 4 is 17.5 Å². The Morgan fingerprint density at radius 2 is 1.94 bits per heavy atom. The standard InChI is InChI=1S/C10H15ClF3NO/c11-6-5-9(16)15-8-4-2-1-3-7(8)10(12,13)14/h7-8H,1-6H2,(H,15,16). The molecule has 94 valence electrons. The van der Waals surface area contributed by atoms with Crippen molar-refractivity contribution in [2.45, 2.75) is 44.3 Å². The molecule has 0 bridgehead atoms. The van der Waals surface area contributed by atoms with Gasteiger partial charge in [0.15, 0.2) is 0 Å². The molecule has 1 N–H and O–H groups in total. The Balaban J connectivity index is 2.57. The van der Waals surface area contributed by atoms with Gasteiger partial charge in [0.1, 0.15) is 0 Å². The van der Waals surface area contributed by atoms with Crippen molar-refractivity contribution in [3.05, 3.63) is 0 Å². The topological polar surface area (TPSA) is 29.1 Å². The van der Waals surface area contributed by atoms with Crippen LogP contribution in [-0.4, -0.2) is 24.0 Å². The van der Waals surface area contributed by atoms with Crippen LogP contribution in [0.25, 0.3) is 0 Å². The van der Waals surface area contributed by atoms with Crippen LogP contribution in [0.3, 0.4) is 0 Å². The van der Waals surface area contributed by atoms with Gasteiger partial charge in [0.25, 0.3) is 0 Å². The Morgan fingerprint density at radius 3 is 2.50 bits per heavy atom. The lowest BCUT2D eigenvalue weighted by atomic mass is 9.84. The van der Waals surface area contributed by atoms with E-state index in [1.54, 1.807) is 0 Å². The maximum Gasteiger partial charge on any atom is 0.393 e. The smallest absolute Gasteiger partial charge is 0.353 e. The molecule has 0 heterocycles. The highest BCUT2D eigenvalue weighted by Crippen LogP contribution is 2.37. The first-order valence-corrected chi connectivity index (χ1v) is 5.90. The minimum absolute atomic E-state index is 0.0721. The normalized spacial score (nSPS) is 26.5. The molecule has 1 aliphatic carbocycles. The van der Waals surface area contributed by atoms with Gasteiger partial charge in [0.05, 0.1) is 5.92 Å². The molecule has 0 aliphatic heterocycles. The van der Waals surface area contributed by atoms with Crippen LogP contribution in [-0.2, 0) is 4.79 Å². The molecule has 2 unspecified atom stereocenters. The Hall–Kier alpha value is -0.450. The third-order valence-electron chi connectivity index (χ3n) is 2.85. The van der Waals surface area contributed by atoms with E-state index in [0.29, 0.717) is 12.8 Å². The summed E-state index contributed by atoms with van der Waals surface area (Å²) in [6.45, 7) is 0. The number of carbonyl (C=O) groups is 1. The number of hydrogen-bond acceptors (Lipinski definition) is 1. The van der Waals surface area contributed by atoms with Crippen LogP contribution in [0.1, 0.15) is 32.1 Å². The zero-order valence-corrected chi connectivity index (χ0v) is 9.57. The summed E-state index contributed by atoms with van der Waals surface area (Å²) in [5, 5.41) is 2.43. The summed E-state index contributed by atoms with van der Waals surface area (Å²) in [4.78, 5) is 11.2. The number of hydrogen-bond donors (Lipinski definition) is 1. The van der Waals surface area contributed by atoms with Crippen molar-refractivity contribution in [3.63, 3.8) is 0 Å². The summed E-state index contributed by atoms with van der Waals surface area (Å²) in [7, 11) is 0. The van der Waals surface area contributed by atoms with E-state index < -0.39 is 24.0 Å². The van der Waals surface area contributed by atoms with Crippen molar-refractivity contribution in [3.8, 4) is 0 Å². The first kappa shape index (κ1) is 13.6. The first-order valence-electron chi connectivity index (χ1n) is 5.37. The molecular formula is C10H15ClF3NO. The van der Waals surface area contributed by atoms with E-state index >= 15 is 0 Å². The van der Waals surface area contributed by atoms with Crippen molar-refractivity contribution in [1.29, 1.82) is 0 Å². The fourth-order valence-electron chi connectivity index (χ4n) is 2.06. The van der Waals surface area contributed by atoms with Gasteiger partial charge in [0.2, 0.25) is 5.91 Å². The van der Waals surface area contributed by atoms with E-state index in [-0.39, 0.29) is 18.7 Å². The van der Waals surface area contributed by atoms with Gasteiger partial charge in [-0.15, -0.1) is 11.6 Å². The van der Waals surface area contributed by atoms with Gasteiger partial charge in [-0.05, 0) is 12.8 Å². The van der Waals surface area contributed by atoms with E-state index in [0.717, 1.165) is 6.42 Å². The minimum Gasteiger partial charge on any atom is -0.353 e. The number of alkyl halides is 4. The Labute approximate surface area is 97.5 Å². The summed E-state index contributed by atoms with van der Waals surface area (Å²) in [6, 6.07) is -0.774. The van der Waals surface area contributed by atoms with Crippen LogP contribution >= 0.6 is 11.6 Å². The molecule has 2 atom stereocenters. The number of nitrogens with one attached hydrogen (secondary N) is 1. The predicted molar refractivity (Wildman–Crippen MR) is 55.3 cm³/mol. The van der Waals surface area contributed by atoms with E-state index in [4.69, 9.17) is 11.6 Å². The molecule has 16 heavy (non-hydrogen) atoms. The van der Waals surface area contributed by atoms with Crippen molar-refractivity contribution in [2.75, 3.05) is 5.88 Å².